The number of nitrogens with one attached hydrogen (secondary N) is 1. The minimum atomic E-state index is -0.549. The summed E-state index contributed by atoms with van der Waals surface area (Å²) in [6.07, 6.45) is 1.81. The molecular formula is C24H29ClN2O3. The lowest BCUT2D eigenvalue weighted by atomic mass is 9.89. The number of nitrogens with zero attached hydrogens (tertiary/aromatic N) is 1. The first-order valence-electron chi connectivity index (χ1n) is 10.4. The maximum Gasteiger partial charge on any atom is 0.251 e. The van der Waals surface area contributed by atoms with Crippen molar-refractivity contribution in [2.75, 3.05) is 20.2 Å². The summed E-state index contributed by atoms with van der Waals surface area (Å²) in [5.41, 5.74) is 1.77. The number of hydrogen-bond acceptors (Lipinski definition) is 3. The number of benzene rings is 2. The minimum absolute atomic E-state index is 0.00585. The van der Waals surface area contributed by atoms with Crippen LogP contribution in [0.2, 0.25) is 5.02 Å². The predicted octanol–water partition coefficient (Wildman–Crippen LogP) is 4.51. The van der Waals surface area contributed by atoms with Crippen molar-refractivity contribution >= 4 is 23.4 Å². The molecule has 0 spiro atoms. The van der Waals surface area contributed by atoms with Crippen LogP contribution in [-0.2, 0) is 4.79 Å². The molecule has 160 valence electrons. The maximum absolute atomic E-state index is 13.2. The molecule has 1 saturated heterocycles. The first kappa shape index (κ1) is 22.2. The smallest absolute Gasteiger partial charge is 0.251 e. The van der Waals surface area contributed by atoms with Gasteiger partial charge >= 0.3 is 0 Å². The van der Waals surface area contributed by atoms with E-state index in [1.165, 1.54) is 5.56 Å². The first-order chi connectivity index (χ1) is 14.4. The molecule has 1 fully saturated rings. The third-order valence-electron chi connectivity index (χ3n) is 5.72. The first-order valence-corrected chi connectivity index (χ1v) is 10.8. The van der Waals surface area contributed by atoms with Crippen molar-refractivity contribution in [1.82, 2.24) is 10.2 Å². The summed E-state index contributed by atoms with van der Waals surface area (Å²) in [5, 5.41) is 3.67. The average molecular weight is 429 g/mol. The molecule has 1 aliphatic heterocycles. The maximum atomic E-state index is 13.2. The lowest BCUT2D eigenvalue weighted by Gasteiger charge is -2.35. The van der Waals surface area contributed by atoms with Gasteiger partial charge < -0.3 is 15.0 Å². The zero-order chi connectivity index (χ0) is 21.7. The molecule has 1 unspecified atom stereocenters. The van der Waals surface area contributed by atoms with Crippen LogP contribution in [-0.4, -0.2) is 43.0 Å². The average Bonchev–Trinajstić information content (AvgIpc) is 2.77. The molecule has 6 heteroatoms. The molecule has 1 heterocycles. The van der Waals surface area contributed by atoms with Crippen LogP contribution >= 0.6 is 11.6 Å². The number of carbonyl (C=O) groups is 2. The van der Waals surface area contributed by atoms with Gasteiger partial charge in [-0.2, -0.15) is 0 Å². The number of carbonyl (C=O) groups excluding carboxylic acids is 2. The molecule has 0 bridgehead atoms. The van der Waals surface area contributed by atoms with Crippen LogP contribution in [0.4, 0.5) is 0 Å². The molecule has 3 rings (SSSR count). The van der Waals surface area contributed by atoms with Crippen LogP contribution in [0.5, 0.6) is 5.75 Å². The van der Waals surface area contributed by atoms with E-state index in [-0.39, 0.29) is 17.7 Å². The van der Waals surface area contributed by atoms with Gasteiger partial charge in [0.1, 0.15) is 11.8 Å². The molecular weight excluding hydrogens is 400 g/mol. The van der Waals surface area contributed by atoms with E-state index in [1.54, 1.807) is 31.4 Å². The number of ether oxygens (including phenoxy) is 1. The molecule has 1 N–H and O–H groups in total. The van der Waals surface area contributed by atoms with E-state index in [0.29, 0.717) is 30.3 Å². The highest BCUT2D eigenvalue weighted by molar-refractivity contribution is 6.30. The molecule has 2 amide bonds. The highest BCUT2D eigenvalue weighted by Crippen LogP contribution is 2.29. The third kappa shape index (κ3) is 5.33. The fourth-order valence-corrected chi connectivity index (χ4v) is 3.97. The zero-order valence-corrected chi connectivity index (χ0v) is 18.5. The molecule has 5 nitrogen and oxygen atoms in total. The van der Waals surface area contributed by atoms with Crippen molar-refractivity contribution in [3.8, 4) is 5.75 Å². The van der Waals surface area contributed by atoms with Crippen molar-refractivity contribution in [1.29, 1.82) is 0 Å². The summed E-state index contributed by atoms with van der Waals surface area (Å²) in [6, 6.07) is 14.3. The van der Waals surface area contributed by atoms with Crippen molar-refractivity contribution in [2.24, 2.45) is 5.92 Å². The number of likely N-dealkylation sites (tertiary alicyclic amines) is 1. The van der Waals surface area contributed by atoms with E-state index in [9.17, 15) is 9.59 Å². The third-order valence-corrected chi connectivity index (χ3v) is 5.97. The molecule has 0 aliphatic carbocycles. The van der Waals surface area contributed by atoms with Crippen LogP contribution in [0.1, 0.15) is 48.5 Å². The van der Waals surface area contributed by atoms with Gasteiger partial charge in [-0.3, -0.25) is 9.59 Å². The quantitative estimate of drug-likeness (QED) is 0.736. The van der Waals surface area contributed by atoms with Crippen molar-refractivity contribution in [3.63, 3.8) is 0 Å². The molecule has 1 aliphatic rings. The van der Waals surface area contributed by atoms with E-state index in [0.717, 1.165) is 17.9 Å². The molecule has 0 aromatic heterocycles. The number of hydrogen-bond donors (Lipinski definition) is 1. The molecule has 0 radical (unpaired) electrons. The van der Waals surface area contributed by atoms with E-state index < -0.39 is 6.04 Å². The Labute approximate surface area is 183 Å². The Morgan fingerprint density at radius 1 is 1.03 bits per heavy atom. The van der Waals surface area contributed by atoms with Gasteiger partial charge in [0.05, 0.1) is 7.11 Å². The normalized spacial score (nSPS) is 15.7. The monoisotopic (exact) mass is 428 g/mol. The Balaban J connectivity index is 1.61. The van der Waals surface area contributed by atoms with E-state index in [4.69, 9.17) is 16.3 Å². The summed E-state index contributed by atoms with van der Waals surface area (Å²) < 4.78 is 5.13. The highest BCUT2D eigenvalue weighted by Gasteiger charge is 2.31. The predicted molar refractivity (Wildman–Crippen MR) is 119 cm³/mol. The summed E-state index contributed by atoms with van der Waals surface area (Å²) >= 11 is 5.99. The Kier molecular flexibility index (Phi) is 7.38. The van der Waals surface area contributed by atoms with Gasteiger partial charge in [0, 0.05) is 23.7 Å². The number of amides is 2. The highest BCUT2D eigenvalue weighted by atomic mass is 35.5. The second-order valence-corrected chi connectivity index (χ2v) is 8.51. The Morgan fingerprint density at radius 3 is 2.17 bits per heavy atom. The lowest BCUT2D eigenvalue weighted by molar-refractivity contribution is -0.135. The summed E-state index contributed by atoms with van der Waals surface area (Å²) in [4.78, 5) is 27.7. The molecule has 0 saturated carbocycles. The molecule has 1 atom stereocenters. The molecule has 2 aromatic carbocycles. The van der Waals surface area contributed by atoms with Crippen molar-refractivity contribution in [3.05, 3.63) is 64.7 Å². The SMILES string of the molecule is COc1ccc(C(=O)NC(C(=O)N2CCC(c3ccc(Cl)cc3)CC2)C(C)C)cc1. The Hall–Kier alpha value is -2.53. The number of halogens is 1. The van der Waals surface area contributed by atoms with E-state index >= 15 is 0 Å². The van der Waals surface area contributed by atoms with Crippen LogP contribution in [0.15, 0.2) is 48.5 Å². The molecule has 30 heavy (non-hydrogen) atoms. The fraction of sp³-hybridized carbons (Fsp3) is 0.417. The van der Waals surface area contributed by atoms with Crippen molar-refractivity contribution < 1.29 is 14.3 Å². The largest absolute Gasteiger partial charge is 0.497 e. The Bertz CT molecular complexity index is 857. The number of piperidine rings is 1. The number of rotatable bonds is 6. The van der Waals surface area contributed by atoms with Gasteiger partial charge in [0.25, 0.3) is 5.91 Å². The Morgan fingerprint density at radius 2 is 1.63 bits per heavy atom. The van der Waals surface area contributed by atoms with Gasteiger partial charge in [-0.15, -0.1) is 0 Å². The van der Waals surface area contributed by atoms with Crippen LogP contribution in [0.3, 0.4) is 0 Å². The standard InChI is InChI=1S/C24H29ClN2O3/c1-16(2)22(26-23(28)19-6-10-21(30-3)11-7-19)24(29)27-14-12-18(13-15-27)17-4-8-20(25)9-5-17/h4-11,16,18,22H,12-15H2,1-3H3,(H,26,28). The summed E-state index contributed by atoms with van der Waals surface area (Å²) in [5.74, 6) is 0.847. The topological polar surface area (TPSA) is 58.6 Å². The van der Waals surface area contributed by atoms with Gasteiger partial charge in [0.2, 0.25) is 5.91 Å². The minimum Gasteiger partial charge on any atom is -0.497 e. The fourth-order valence-electron chi connectivity index (χ4n) is 3.85. The van der Waals surface area contributed by atoms with E-state index in [1.807, 2.05) is 30.9 Å². The summed E-state index contributed by atoms with van der Waals surface area (Å²) in [6.45, 7) is 5.29. The number of methoxy groups -OCH3 is 1. The second kappa shape index (κ2) is 9.98. The van der Waals surface area contributed by atoms with Crippen molar-refractivity contribution in [2.45, 2.75) is 38.6 Å². The molecule has 2 aromatic rings. The second-order valence-electron chi connectivity index (χ2n) is 8.07. The van der Waals surface area contributed by atoms with Crippen LogP contribution in [0.25, 0.3) is 0 Å². The van der Waals surface area contributed by atoms with Gasteiger partial charge in [-0.1, -0.05) is 37.6 Å². The van der Waals surface area contributed by atoms with Gasteiger partial charge in [-0.25, -0.2) is 0 Å². The van der Waals surface area contributed by atoms with Crippen LogP contribution in [0, 0.1) is 5.92 Å². The van der Waals surface area contributed by atoms with Gasteiger partial charge in [0.15, 0.2) is 0 Å². The van der Waals surface area contributed by atoms with Crippen LogP contribution < -0.4 is 10.1 Å². The zero-order valence-electron chi connectivity index (χ0n) is 17.7. The van der Waals surface area contributed by atoms with E-state index in [2.05, 4.69) is 17.4 Å². The summed E-state index contributed by atoms with van der Waals surface area (Å²) in [7, 11) is 1.58. The lowest BCUT2D eigenvalue weighted by Crippen LogP contribution is -2.52. The van der Waals surface area contributed by atoms with Gasteiger partial charge in [-0.05, 0) is 66.6 Å².